The van der Waals surface area contributed by atoms with Crippen molar-refractivity contribution in [3.8, 4) is 0 Å². The van der Waals surface area contributed by atoms with Gasteiger partial charge in [0.2, 0.25) is 17.6 Å². The molecule has 1 fully saturated rings. The van der Waals surface area contributed by atoms with Crippen LogP contribution in [0.5, 0.6) is 0 Å². The number of benzene rings is 1. The van der Waals surface area contributed by atoms with E-state index in [1.165, 1.54) is 0 Å². The van der Waals surface area contributed by atoms with Crippen molar-refractivity contribution in [1.29, 1.82) is 0 Å². The van der Waals surface area contributed by atoms with Gasteiger partial charge in [0.15, 0.2) is 0 Å². The van der Waals surface area contributed by atoms with Gasteiger partial charge in [0.1, 0.15) is 0 Å². The summed E-state index contributed by atoms with van der Waals surface area (Å²) in [5, 5.41) is 14.5. The summed E-state index contributed by atoms with van der Waals surface area (Å²) in [6.07, 6.45) is 2.09. The van der Waals surface area contributed by atoms with Crippen LogP contribution < -0.4 is 16.0 Å². The first-order valence-electron chi connectivity index (χ1n) is 8.34. The molecule has 0 amide bonds. The van der Waals surface area contributed by atoms with Crippen LogP contribution in [0.4, 0.5) is 29.0 Å². The molecule has 25 heavy (non-hydrogen) atoms. The van der Waals surface area contributed by atoms with Gasteiger partial charge in [-0.15, -0.1) is 0 Å². The molecule has 0 saturated carbocycles. The monoisotopic (exact) mass is 342 g/mol. The lowest BCUT2D eigenvalue weighted by Crippen LogP contribution is -2.35. The number of nitrogens with two attached hydrogens (primary N) is 1. The maximum atomic E-state index is 11.5. The van der Waals surface area contributed by atoms with Crippen LogP contribution in [0.3, 0.4) is 0 Å². The maximum absolute atomic E-state index is 11.5. The number of nitro groups is 1. The summed E-state index contributed by atoms with van der Waals surface area (Å²) in [5.74, 6) is 0.889. The van der Waals surface area contributed by atoms with Crippen molar-refractivity contribution in [2.75, 3.05) is 29.0 Å². The van der Waals surface area contributed by atoms with E-state index < -0.39 is 4.92 Å². The van der Waals surface area contributed by atoms with Crippen molar-refractivity contribution in [2.24, 2.45) is 5.92 Å². The summed E-state index contributed by atoms with van der Waals surface area (Å²) in [6, 6.07) is 7.73. The van der Waals surface area contributed by atoms with Crippen LogP contribution >= 0.6 is 0 Å². The van der Waals surface area contributed by atoms with Gasteiger partial charge in [-0.3, -0.25) is 10.1 Å². The van der Waals surface area contributed by atoms with E-state index in [-0.39, 0.29) is 17.5 Å². The van der Waals surface area contributed by atoms with Gasteiger partial charge in [0, 0.05) is 18.8 Å². The summed E-state index contributed by atoms with van der Waals surface area (Å²) in [6.45, 7) is 5.58. The predicted molar refractivity (Wildman–Crippen MR) is 98.2 cm³/mol. The largest absolute Gasteiger partial charge is 0.378 e. The molecule has 0 radical (unpaired) electrons. The van der Waals surface area contributed by atoms with E-state index in [0.717, 1.165) is 37.2 Å². The number of anilines is 4. The van der Waals surface area contributed by atoms with Gasteiger partial charge in [0.25, 0.3) is 0 Å². The molecule has 1 aliphatic heterocycles. The van der Waals surface area contributed by atoms with Crippen molar-refractivity contribution in [1.82, 2.24) is 9.97 Å². The number of aromatic nitrogens is 2. The number of rotatable bonds is 4. The minimum absolute atomic E-state index is 0.122. The molecule has 8 heteroatoms. The highest BCUT2D eigenvalue weighted by Gasteiger charge is 2.29. The van der Waals surface area contributed by atoms with E-state index in [1.54, 1.807) is 0 Å². The van der Waals surface area contributed by atoms with Gasteiger partial charge < -0.3 is 16.0 Å². The zero-order valence-corrected chi connectivity index (χ0v) is 14.4. The van der Waals surface area contributed by atoms with E-state index in [2.05, 4.69) is 22.2 Å². The Hall–Kier alpha value is -2.90. The molecule has 1 aliphatic rings. The number of nitrogens with zero attached hydrogens (tertiary/aromatic N) is 4. The molecule has 132 valence electrons. The van der Waals surface area contributed by atoms with Crippen LogP contribution in [0.25, 0.3) is 0 Å². The molecule has 1 aromatic carbocycles. The molecule has 0 spiro atoms. The van der Waals surface area contributed by atoms with E-state index in [1.807, 2.05) is 36.1 Å². The fraction of sp³-hybridized carbons (Fsp3) is 0.412. The van der Waals surface area contributed by atoms with Crippen LogP contribution in [-0.2, 0) is 0 Å². The number of aryl methyl sites for hydroxylation is 1. The lowest BCUT2D eigenvalue weighted by Gasteiger charge is -2.31. The van der Waals surface area contributed by atoms with Crippen LogP contribution in [-0.4, -0.2) is 28.0 Å². The first kappa shape index (κ1) is 16.9. The minimum atomic E-state index is -0.500. The van der Waals surface area contributed by atoms with Gasteiger partial charge >= 0.3 is 5.69 Å². The van der Waals surface area contributed by atoms with Gasteiger partial charge in [-0.1, -0.05) is 24.6 Å². The quantitative estimate of drug-likeness (QED) is 0.648. The normalized spacial score (nSPS) is 17.4. The molecule has 3 rings (SSSR count). The molecule has 3 N–H and O–H groups in total. The second-order valence-electron chi connectivity index (χ2n) is 6.55. The number of piperidine rings is 1. The Morgan fingerprint density at radius 3 is 2.68 bits per heavy atom. The zero-order chi connectivity index (χ0) is 18.0. The second kappa shape index (κ2) is 6.92. The van der Waals surface area contributed by atoms with Crippen LogP contribution in [0.15, 0.2) is 24.3 Å². The van der Waals surface area contributed by atoms with Gasteiger partial charge in [-0.2, -0.15) is 9.97 Å². The zero-order valence-electron chi connectivity index (χ0n) is 14.4. The summed E-state index contributed by atoms with van der Waals surface area (Å²) < 4.78 is 0. The highest BCUT2D eigenvalue weighted by atomic mass is 16.6. The number of hydrogen-bond acceptors (Lipinski definition) is 7. The standard InChI is InChI=1S/C17H22N6O2/c1-11-5-7-13(8-6-11)19-17-20-15(18)14(23(24)25)16(21-17)22-9-3-4-12(2)10-22/h5-8,12H,3-4,9-10H2,1-2H3,(H3,18,19,20,21). The van der Waals surface area contributed by atoms with Crippen molar-refractivity contribution >= 4 is 29.0 Å². The third kappa shape index (κ3) is 3.78. The van der Waals surface area contributed by atoms with E-state index in [4.69, 9.17) is 5.73 Å². The van der Waals surface area contributed by atoms with E-state index in [0.29, 0.717) is 11.7 Å². The molecule has 1 aromatic heterocycles. The van der Waals surface area contributed by atoms with Crippen LogP contribution in [0.2, 0.25) is 0 Å². The third-order valence-electron chi connectivity index (χ3n) is 4.34. The predicted octanol–water partition coefficient (Wildman–Crippen LogP) is 3.26. The molecule has 2 aromatic rings. The molecular weight excluding hydrogens is 320 g/mol. The lowest BCUT2D eigenvalue weighted by molar-refractivity contribution is -0.383. The van der Waals surface area contributed by atoms with E-state index in [9.17, 15) is 10.1 Å². The first-order chi connectivity index (χ1) is 11.9. The minimum Gasteiger partial charge on any atom is -0.378 e. The maximum Gasteiger partial charge on any atom is 0.353 e. The Morgan fingerprint density at radius 2 is 2.04 bits per heavy atom. The molecule has 1 atom stereocenters. The summed E-state index contributed by atoms with van der Waals surface area (Å²) in [7, 11) is 0. The molecule has 2 heterocycles. The van der Waals surface area contributed by atoms with Crippen LogP contribution in [0, 0.1) is 23.0 Å². The second-order valence-corrected chi connectivity index (χ2v) is 6.55. The van der Waals surface area contributed by atoms with Crippen molar-refractivity contribution in [3.05, 3.63) is 39.9 Å². The fourth-order valence-corrected chi connectivity index (χ4v) is 3.06. The van der Waals surface area contributed by atoms with Gasteiger partial charge in [-0.25, -0.2) is 0 Å². The fourth-order valence-electron chi connectivity index (χ4n) is 3.06. The van der Waals surface area contributed by atoms with Crippen molar-refractivity contribution in [2.45, 2.75) is 26.7 Å². The van der Waals surface area contributed by atoms with E-state index >= 15 is 0 Å². The highest BCUT2D eigenvalue weighted by molar-refractivity contribution is 5.72. The van der Waals surface area contributed by atoms with Crippen LogP contribution in [0.1, 0.15) is 25.3 Å². The third-order valence-corrected chi connectivity index (χ3v) is 4.34. The lowest BCUT2D eigenvalue weighted by atomic mass is 10.0. The number of nitrogens with one attached hydrogen (secondary N) is 1. The number of hydrogen-bond donors (Lipinski definition) is 2. The Labute approximate surface area is 146 Å². The summed E-state index contributed by atoms with van der Waals surface area (Å²) >= 11 is 0. The molecular formula is C17H22N6O2. The summed E-state index contributed by atoms with van der Waals surface area (Å²) in [4.78, 5) is 21.4. The Balaban J connectivity index is 1.97. The molecule has 1 saturated heterocycles. The van der Waals surface area contributed by atoms with Gasteiger partial charge in [-0.05, 0) is 37.8 Å². The Morgan fingerprint density at radius 1 is 1.32 bits per heavy atom. The molecule has 0 aliphatic carbocycles. The molecule has 1 unspecified atom stereocenters. The average Bonchev–Trinajstić information content (AvgIpc) is 2.56. The summed E-state index contributed by atoms with van der Waals surface area (Å²) in [5.41, 5.74) is 7.60. The smallest absolute Gasteiger partial charge is 0.353 e. The highest BCUT2D eigenvalue weighted by Crippen LogP contribution is 2.34. The Kier molecular flexibility index (Phi) is 4.69. The molecule has 0 bridgehead atoms. The first-order valence-corrected chi connectivity index (χ1v) is 8.34. The average molecular weight is 342 g/mol. The van der Waals surface area contributed by atoms with Crippen molar-refractivity contribution in [3.63, 3.8) is 0 Å². The SMILES string of the molecule is Cc1ccc(Nc2nc(N)c([N+](=O)[O-])c(N3CCCC(C)C3)n2)cc1. The topological polar surface area (TPSA) is 110 Å². The van der Waals surface area contributed by atoms with Crippen molar-refractivity contribution < 1.29 is 4.92 Å². The number of nitrogen functional groups attached to an aromatic ring is 1. The Bertz CT molecular complexity index is 777. The van der Waals surface area contributed by atoms with Gasteiger partial charge in [0.05, 0.1) is 4.92 Å². The molecule has 8 nitrogen and oxygen atoms in total.